The number of hydrogen-bond acceptors (Lipinski definition) is 6. The van der Waals surface area contributed by atoms with E-state index in [1.54, 1.807) is 0 Å². The van der Waals surface area contributed by atoms with E-state index in [2.05, 4.69) is 10.0 Å². The maximum atomic E-state index is 10.5. The molecule has 6 atom stereocenters. The lowest BCUT2D eigenvalue weighted by molar-refractivity contribution is -0.305. The number of fused-ring (bicyclic) bond motifs is 1. The SMILES string of the molecule is CS[C@@H]1O[C@@H]2CO[C@@H](c3ccccc3)O[C@H]2[C@H](O)[C@H]1N=[N+]=[N-]. The quantitative estimate of drug-likeness (QED) is 0.522. The summed E-state index contributed by atoms with van der Waals surface area (Å²) in [5, 5.41) is 14.2. The molecule has 2 heterocycles. The van der Waals surface area contributed by atoms with Crippen molar-refractivity contribution in [1.29, 1.82) is 0 Å². The topological polar surface area (TPSA) is 96.7 Å². The highest BCUT2D eigenvalue weighted by Crippen LogP contribution is 2.37. The van der Waals surface area contributed by atoms with Crippen molar-refractivity contribution in [2.24, 2.45) is 5.11 Å². The molecule has 8 heteroatoms. The first-order valence-electron chi connectivity index (χ1n) is 6.97. The average molecular weight is 323 g/mol. The first kappa shape index (κ1) is 15.6. The Morgan fingerprint density at radius 1 is 1.32 bits per heavy atom. The molecule has 2 aliphatic rings. The normalized spacial score (nSPS) is 37.9. The Morgan fingerprint density at radius 2 is 2.09 bits per heavy atom. The van der Waals surface area contributed by atoms with E-state index in [1.807, 2.05) is 36.6 Å². The average Bonchev–Trinajstić information content (AvgIpc) is 2.58. The van der Waals surface area contributed by atoms with Gasteiger partial charge in [-0.2, -0.15) is 0 Å². The van der Waals surface area contributed by atoms with E-state index in [4.69, 9.17) is 19.7 Å². The second-order valence-corrected chi connectivity index (χ2v) is 6.08. The van der Waals surface area contributed by atoms with Crippen LogP contribution in [0.1, 0.15) is 11.9 Å². The number of thioether (sulfide) groups is 1. The zero-order valence-corrected chi connectivity index (χ0v) is 12.8. The van der Waals surface area contributed by atoms with Crippen LogP contribution in [-0.2, 0) is 14.2 Å². The lowest BCUT2D eigenvalue weighted by Crippen LogP contribution is -2.60. The van der Waals surface area contributed by atoms with Crippen LogP contribution in [-0.4, -0.2) is 47.8 Å². The van der Waals surface area contributed by atoms with Crippen LogP contribution in [0.5, 0.6) is 0 Å². The van der Waals surface area contributed by atoms with Crippen molar-refractivity contribution in [3.8, 4) is 0 Å². The summed E-state index contributed by atoms with van der Waals surface area (Å²) in [6.45, 7) is 0.321. The lowest BCUT2D eigenvalue weighted by Gasteiger charge is -2.46. The fraction of sp³-hybridized carbons (Fsp3) is 0.571. The first-order valence-corrected chi connectivity index (χ1v) is 8.26. The molecule has 0 radical (unpaired) electrons. The smallest absolute Gasteiger partial charge is 0.184 e. The van der Waals surface area contributed by atoms with Crippen LogP contribution in [0.2, 0.25) is 0 Å². The van der Waals surface area contributed by atoms with E-state index < -0.39 is 30.0 Å². The van der Waals surface area contributed by atoms with E-state index in [0.717, 1.165) is 5.56 Å². The van der Waals surface area contributed by atoms with Crippen LogP contribution in [0.25, 0.3) is 10.4 Å². The van der Waals surface area contributed by atoms with Crippen LogP contribution in [0, 0.1) is 0 Å². The molecule has 118 valence electrons. The summed E-state index contributed by atoms with van der Waals surface area (Å²) >= 11 is 1.39. The fourth-order valence-corrected chi connectivity index (χ4v) is 3.48. The number of hydrogen-bond donors (Lipinski definition) is 1. The minimum Gasteiger partial charge on any atom is -0.390 e. The third kappa shape index (κ3) is 2.94. The Bertz CT molecular complexity index is 554. The van der Waals surface area contributed by atoms with Gasteiger partial charge in [-0.15, -0.1) is 11.8 Å². The second-order valence-electron chi connectivity index (χ2n) is 5.14. The van der Waals surface area contributed by atoms with Crippen LogP contribution in [0.3, 0.4) is 0 Å². The highest BCUT2D eigenvalue weighted by molar-refractivity contribution is 7.99. The largest absolute Gasteiger partial charge is 0.390 e. The molecule has 1 aromatic carbocycles. The maximum Gasteiger partial charge on any atom is 0.184 e. The summed E-state index contributed by atoms with van der Waals surface area (Å²) in [6.07, 6.45) is -0.606. The van der Waals surface area contributed by atoms with Gasteiger partial charge < -0.3 is 19.3 Å². The van der Waals surface area contributed by atoms with Gasteiger partial charge in [0.25, 0.3) is 0 Å². The third-order valence-corrected chi connectivity index (χ3v) is 4.68. The van der Waals surface area contributed by atoms with Crippen molar-refractivity contribution in [2.75, 3.05) is 12.9 Å². The Morgan fingerprint density at radius 3 is 2.77 bits per heavy atom. The summed E-state index contributed by atoms with van der Waals surface area (Å²) in [4.78, 5) is 2.81. The lowest BCUT2D eigenvalue weighted by atomic mass is 9.97. The van der Waals surface area contributed by atoms with E-state index in [0.29, 0.717) is 6.61 Å². The number of aliphatic hydroxyl groups is 1. The Labute approximate surface area is 132 Å². The zero-order valence-electron chi connectivity index (χ0n) is 12.0. The van der Waals surface area contributed by atoms with Crippen molar-refractivity contribution in [3.63, 3.8) is 0 Å². The number of rotatable bonds is 3. The molecular formula is C14H17N3O4S. The number of azide groups is 1. The second kappa shape index (κ2) is 6.87. The minimum atomic E-state index is -0.929. The molecule has 22 heavy (non-hydrogen) atoms. The molecule has 0 unspecified atom stereocenters. The summed E-state index contributed by atoms with van der Waals surface area (Å²) in [5.74, 6) is 0. The molecule has 0 bridgehead atoms. The van der Waals surface area contributed by atoms with E-state index in [9.17, 15) is 5.11 Å². The molecule has 1 N–H and O–H groups in total. The van der Waals surface area contributed by atoms with Crippen LogP contribution < -0.4 is 0 Å². The fourth-order valence-electron chi connectivity index (χ4n) is 2.73. The molecule has 2 aliphatic heterocycles. The summed E-state index contributed by atoms with van der Waals surface area (Å²) in [7, 11) is 0. The van der Waals surface area contributed by atoms with Crippen molar-refractivity contribution in [2.45, 2.75) is 36.1 Å². The first-order chi connectivity index (χ1) is 10.7. The van der Waals surface area contributed by atoms with Gasteiger partial charge in [-0.25, -0.2) is 0 Å². The highest BCUT2D eigenvalue weighted by atomic mass is 32.2. The van der Waals surface area contributed by atoms with Crippen molar-refractivity contribution in [1.82, 2.24) is 0 Å². The molecule has 7 nitrogen and oxygen atoms in total. The molecule has 3 rings (SSSR count). The van der Waals surface area contributed by atoms with E-state index >= 15 is 0 Å². The highest BCUT2D eigenvalue weighted by Gasteiger charge is 2.48. The zero-order chi connectivity index (χ0) is 15.5. The minimum absolute atomic E-state index is 0.321. The molecule has 0 spiro atoms. The van der Waals surface area contributed by atoms with Gasteiger partial charge in [-0.3, -0.25) is 0 Å². The number of aliphatic hydroxyl groups excluding tert-OH is 1. The van der Waals surface area contributed by atoms with Crippen molar-refractivity contribution < 1.29 is 19.3 Å². The van der Waals surface area contributed by atoms with Gasteiger partial charge in [0.15, 0.2) is 6.29 Å². The monoisotopic (exact) mass is 323 g/mol. The molecule has 0 aliphatic carbocycles. The third-order valence-electron chi connectivity index (χ3n) is 3.82. The predicted molar refractivity (Wildman–Crippen MR) is 81.1 cm³/mol. The summed E-state index contributed by atoms with van der Waals surface area (Å²) < 4.78 is 17.4. The summed E-state index contributed by atoms with van der Waals surface area (Å²) in [5.41, 5.74) is 9.16. The van der Waals surface area contributed by atoms with Crippen LogP contribution >= 0.6 is 11.8 Å². The Balaban J connectivity index is 1.79. The molecule has 0 saturated carbocycles. The molecule has 2 saturated heterocycles. The molecule has 2 fully saturated rings. The number of nitrogens with zero attached hydrogens (tertiary/aromatic N) is 3. The molecule has 1 aromatic rings. The van der Waals surface area contributed by atoms with Gasteiger partial charge in [0.2, 0.25) is 0 Å². The van der Waals surface area contributed by atoms with E-state index in [-0.39, 0.29) is 6.10 Å². The molecule has 0 amide bonds. The van der Waals surface area contributed by atoms with Gasteiger partial charge in [0, 0.05) is 10.5 Å². The standard InChI is InChI=1S/C14H17N3O4S/c1-22-14-10(16-17-15)11(18)12-9(20-14)7-19-13(21-12)8-5-3-2-4-6-8/h2-6,9-14,18H,7H2,1H3/t9-,10-,11-,12-,13-,14+/m1/s1. The van der Waals surface area contributed by atoms with Crippen LogP contribution in [0.15, 0.2) is 35.4 Å². The Kier molecular flexibility index (Phi) is 4.87. The van der Waals surface area contributed by atoms with Gasteiger partial charge >= 0.3 is 0 Å². The molecule has 0 aromatic heterocycles. The molecular weight excluding hydrogens is 306 g/mol. The number of benzene rings is 1. The van der Waals surface area contributed by atoms with Crippen LogP contribution in [0.4, 0.5) is 0 Å². The Hall–Kier alpha value is -1.28. The predicted octanol–water partition coefficient (Wildman–Crippen LogP) is 2.23. The number of ether oxygens (including phenoxy) is 3. The van der Waals surface area contributed by atoms with E-state index in [1.165, 1.54) is 11.8 Å². The van der Waals surface area contributed by atoms with Crippen molar-refractivity contribution in [3.05, 3.63) is 46.3 Å². The van der Waals surface area contributed by atoms with Gasteiger partial charge in [-0.05, 0) is 11.8 Å². The van der Waals surface area contributed by atoms with Crippen molar-refractivity contribution >= 4 is 11.8 Å². The maximum absolute atomic E-state index is 10.5. The van der Waals surface area contributed by atoms with Gasteiger partial charge in [-0.1, -0.05) is 35.4 Å². The van der Waals surface area contributed by atoms with Gasteiger partial charge in [0.1, 0.15) is 23.7 Å². The van der Waals surface area contributed by atoms with Gasteiger partial charge in [0.05, 0.1) is 12.7 Å². The summed E-state index contributed by atoms with van der Waals surface area (Å²) in [6, 6.07) is 8.82.